The van der Waals surface area contributed by atoms with Crippen LogP contribution in [0.5, 0.6) is 17.2 Å². The van der Waals surface area contributed by atoms with E-state index in [0.29, 0.717) is 64.7 Å². The quantitative estimate of drug-likeness (QED) is 0.518. The van der Waals surface area contributed by atoms with E-state index in [1.54, 1.807) is 12.3 Å². The molecule has 0 radical (unpaired) electrons. The number of likely N-dealkylation sites (tertiary alicyclic amines) is 1. The molecule has 0 unspecified atom stereocenters. The van der Waals surface area contributed by atoms with Crippen LogP contribution in [-0.2, 0) is 0 Å². The van der Waals surface area contributed by atoms with Crippen molar-refractivity contribution < 1.29 is 28.9 Å². The summed E-state index contributed by atoms with van der Waals surface area (Å²) in [5, 5.41) is 12.0. The average Bonchev–Trinajstić information content (AvgIpc) is 3.55. The summed E-state index contributed by atoms with van der Waals surface area (Å²) in [6, 6.07) is 3.36. The average molecular weight is 453 g/mol. The third kappa shape index (κ3) is 3.75. The second-order valence-corrected chi connectivity index (χ2v) is 7.86. The van der Waals surface area contributed by atoms with Crippen molar-refractivity contribution in [3.63, 3.8) is 0 Å². The van der Waals surface area contributed by atoms with Crippen LogP contribution in [0, 0.1) is 0 Å². The van der Waals surface area contributed by atoms with Gasteiger partial charge >= 0.3 is 6.09 Å². The van der Waals surface area contributed by atoms with Crippen LogP contribution in [0.25, 0.3) is 22.3 Å². The van der Waals surface area contributed by atoms with Gasteiger partial charge in [-0.05, 0) is 25.0 Å². The number of aromatic amines is 1. The molecule has 2 aliphatic heterocycles. The van der Waals surface area contributed by atoms with E-state index in [4.69, 9.17) is 19.3 Å². The van der Waals surface area contributed by atoms with Gasteiger partial charge in [0.05, 0.1) is 23.3 Å². The molecule has 0 bridgehead atoms. The molecular formula is C22H23N5O6. The van der Waals surface area contributed by atoms with E-state index in [1.807, 2.05) is 13.0 Å². The number of carbonyl (C=O) groups excluding carboxylic acids is 1. The first-order valence-corrected chi connectivity index (χ1v) is 10.7. The number of rotatable bonds is 6. The number of hydrogen-bond acceptors (Lipinski definition) is 7. The summed E-state index contributed by atoms with van der Waals surface area (Å²) in [7, 11) is 0. The lowest BCUT2D eigenvalue weighted by Crippen LogP contribution is -2.38. The van der Waals surface area contributed by atoms with E-state index >= 15 is 0 Å². The maximum atomic E-state index is 13.0. The molecule has 0 saturated carbocycles. The van der Waals surface area contributed by atoms with Gasteiger partial charge in [0.15, 0.2) is 11.5 Å². The molecule has 2 amide bonds. The Morgan fingerprint density at radius 3 is 3.00 bits per heavy atom. The lowest BCUT2D eigenvalue weighted by Gasteiger charge is -2.14. The Kier molecular flexibility index (Phi) is 5.37. The normalized spacial score (nSPS) is 16.9. The Bertz CT molecular complexity index is 1230. The van der Waals surface area contributed by atoms with Crippen molar-refractivity contribution in [2.45, 2.75) is 25.8 Å². The number of H-pyrrole nitrogens is 1. The van der Waals surface area contributed by atoms with Crippen molar-refractivity contribution in [2.24, 2.45) is 0 Å². The van der Waals surface area contributed by atoms with Gasteiger partial charge in [-0.3, -0.25) is 4.79 Å². The fourth-order valence-electron chi connectivity index (χ4n) is 4.13. The smallest absolute Gasteiger partial charge is 0.407 e. The van der Waals surface area contributed by atoms with Gasteiger partial charge in [-0.2, -0.15) is 0 Å². The summed E-state index contributed by atoms with van der Waals surface area (Å²) < 4.78 is 17.2. The fourth-order valence-corrected chi connectivity index (χ4v) is 4.13. The van der Waals surface area contributed by atoms with E-state index in [1.165, 1.54) is 11.2 Å². The molecule has 172 valence electrons. The zero-order valence-electron chi connectivity index (χ0n) is 18.0. The summed E-state index contributed by atoms with van der Waals surface area (Å²) in [6.07, 6.45) is 3.38. The van der Waals surface area contributed by atoms with Crippen LogP contribution >= 0.6 is 0 Å². The number of carboxylic acid groups (broad SMARTS) is 1. The molecule has 2 aliphatic rings. The monoisotopic (exact) mass is 453 g/mol. The number of amides is 2. The SMILES string of the molecule is CCCOc1ccc2c(c1-c1ncnc3c(C(=O)N[C@@H]4CCN(C(=O)O)C4)c[nH]c13)OCO2. The van der Waals surface area contributed by atoms with Crippen LogP contribution < -0.4 is 19.5 Å². The Hall–Kier alpha value is -4.02. The van der Waals surface area contributed by atoms with Gasteiger partial charge in [-0.15, -0.1) is 0 Å². The minimum Gasteiger partial charge on any atom is -0.493 e. The third-order valence-electron chi connectivity index (χ3n) is 5.70. The molecule has 4 heterocycles. The van der Waals surface area contributed by atoms with E-state index in [-0.39, 0.29) is 25.3 Å². The number of aromatic nitrogens is 3. The Morgan fingerprint density at radius 2 is 2.21 bits per heavy atom. The van der Waals surface area contributed by atoms with Crippen LogP contribution in [0.4, 0.5) is 4.79 Å². The topological polar surface area (TPSA) is 139 Å². The summed E-state index contributed by atoms with van der Waals surface area (Å²) in [6.45, 7) is 3.29. The lowest BCUT2D eigenvalue weighted by molar-refractivity contribution is 0.0937. The zero-order valence-corrected chi connectivity index (χ0v) is 18.0. The van der Waals surface area contributed by atoms with Gasteiger partial charge in [-0.25, -0.2) is 14.8 Å². The van der Waals surface area contributed by atoms with Gasteiger partial charge < -0.3 is 34.5 Å². The number of nitrogens with zero attached hydrogens (tertiary/aromatic N) is 3. The molecule has 3 N–H and O–H groups in total. The second-order valence-electron chi connectivity index (χ2n) is 7.86. The molecule has 11 heteroatoms. The van der Waals surface area contributed by atoms with Crippen molar-refractivity contribution in [1.82, 2.24) is 25.2 Å². The molecule has 1 aromatic carbocycles. The molecule has 0 spiro atoms. The maximum absolute atomic E-state index is 13.0. The summed E-state index contributed by atoms with van der Waals surface area (Å²) in [5.74, 6) is 1.39. The number of fused-ring (bicyclic) bond motifs is 2. The van der Waals surface area contributed by atoms with Crippen molar-refractivity contribution >= 4 is 23.0 Å². The highest BCUT2D eigenvalue weighted by Gasteiger charge is 2.30. The minimum absolute atomic E-state index is 0.0981. The first kappa shape index (κ1) is 20.9. The summed E-state index contributed by atoms with van der Waals surface area (Å²) in [4.78, 5) is 37.3. The molecular weight excluding hydrogens is 430 g/mol. The van der Waals surface area contributed by atoms with E-state index in [0.717, 1.165) is 6.42 Å². The maximum Gasteiger partial charge on any atom is 0.407 e. The van der Waals surface area contributed by atoms with Gasteiger partial charge in [0.2, 0.25) is 6.79 Å². The highest BCUT2D eigenvalue weighted by atomic mass is 16.7. The number of ether oxygens (including phenoxy) is 3. The first-order valence-electron chi connectivity index (χ1n) is 10.7. The molecule has 1 fully saturated rings. The Balaban J connectivity index is 1.50. The van der Waals surface area contributed by atoms with Crippen molar-refractivity contribution in [1.29, 1.82) is 0 Å². The highest BCUT2D eigenvalue weighted by Crippen LogP contribution is 2.47. The largest absolute Gasteiger partial charge is 0.493 e. The van der Waals surface area contributed by atoms with Crippen molar-refractivity contribution in [2.75, 3.05) is 26.5 Å². The summed E-state index contributed by atoms with van der Waals surface area (Å²) in [5.41, 5.74) is 2.52. The molecule has 1 atom stereocenters. The molecule has 11 nitrogen and oxygen atoms in total. The first-order chi connectivity index (χ1) is 16.1. The van der Waals surface area contributed by atoms with Crippen LogP contribution in [0.1, 0.15) is 30.1 Å². The summed E-state index contributed by atoms with van der Waals surface area (Å²) >= 11 is 0. The third-order valence-corrected chi connectivity index (χ3v) is 5.70. The van der Waals surface area contributed by atoms with Crippen molar-refractivity contribution in [3.05, 3.63) is 30.2 Å². The van der Waals surface area contributed by atoms with E-state index < -0.39 is 6.09 Å². The van der Waals surface area contributed by atoms with Crippen molar-refractivity contribution in [3.8, 4) is 28.5 Å². The predicted molar refractivity (Wildman–Crippen MR) is 117 cm³/mol. The molecule has 1 saturated heterocycles. The molecule has 5 rings (SSSR count). The van der Waals surface area contributed by atoms with Crippen LogP contribution in [0.3, 0.4) is 0 Å². The number of carbonyl (C=O) groups is 2. The van der Waals surface area contributed by atoms with E-state index in [2.05, 4.69) is 20.3 Å². The molecule has 33 heavy (non-hydrogen) atoms. The van der Waals surface area contributed by atoms with Gasteiger partial charge in [0.25, 0.3) is 5.91 Å². The van der Waals surface area contributed by atoms with Crippen LogP contribution in [0.2, 0.25) is 0 Å². The Labute approximate surface area is 188 Å². The van der Waals surface area contributed by atoms with Gasteiger partial charge in [0.1, 0.15) is 23.3 Å². The molecule has 3 aromatic rings. The number of benzene rings is 1. The standard InChI is InChI=1S/C22H23N5O6/c1-2-7-31-14-3-4-15-20(33-11-32-15)16(14)18-19-17(24-10-25-18)13(8-23-19)21(28)26-12-5-6-27(9-12)22(29)30/h3-4,8,10,12,23H,2,5-7,9,11H2,1H3,(H,26,28)(H,29,30)/t12-/m1/s1. The predicted octanol–water partition coefficient (Wildman–Crippen LogP) is 2.62. The van der Waals surface area contributed by atoms with Crippen LogP contribution in [0.15, 0.2) is 24.7 Å². The van der Waals surface area contributed by atoms with Crippen LogP contribution in [-0.4, -0.2) is 69.5 Å². The van der Waals surface area contributed by atoms with E-state index in [9.17, 15) is 9.59 Å². The number of hydrogen-bond donors (Lipinski definition) is 3. The zero-order chi connectivity index (χ0) is 22.9. The Morgan fingerprint density at radius 1 is 1.33 bits per heavy atom. The molecule has 0 aliphatic carbocycles. The minimum atomic E-state index is -0.987. The molecule has 2 aromatic heterocycles. The number of nitrogens with one attached hydrogen (secondary N) is 2. The second kappa shape index (κ2) is 8.49. The fraction of sp³-hybridized carbons (Fsp3) is 0.364. The van der Waals surface area contributed by atoms with Gasteiger partial charge in [0, 0.05) is 25.3 Å². The lowest BCUT2D eigenvalue weighted by atomic mass is 10.1. The van der Waals surface area contributed by atoms with Gasteiger partial charge in [-0.1, -0.05) is 6.92 Å². The highest BCUT2D eigenvalue weighted by molar-refractivity contribution is 6.08.